The second-order valence-corrected chi connectivity index (χ2v) is 3.30. The van der Waals surface area contributed by atoms with Gasteiger partial charge in [-0.05, 0) is 13.0 Å². The zero-order valence-electron chi connectivity index (χ0n) is 8.83. The summed E-state index contributed by atoms with van der Waals surface area (Å²) in [5, 5.41) is 14.0. The van der Waals surface area contributed by atoms with E-state index in [1.54, 1.807) is 14.0 Å². The van der Waals surface area contributed by atoms with E-state index in [-0.39, 0.29) is 18.4 Å². The molecule has 0 saturated heterocycles. The highest BCUT2D eigenvalue weighted by Gasteiger charge is 2.24. The van der Waals surface area contributed by atoms with E-state index in [1.807, 2.05) is 6.92 Å². The van der Waals surface area contributed by atoms with Crippen LogP contribution in [0.3, 0.4) is 0 Å². The maximum Gasteiger partial charge on any atom is 0.326 e. The second kappa shape index (κ2) is 6.37. The molecule has 0 aliphatic rings. The third-order valence-corrected chi connectivity index (χ3v) is 2.13. The molecule has 0 saturated carbocycles. The fraction of sp³-hybridized carbons (Fsp3) is 0.778. The van der Waals surface area contributed by atoms with E-state index in [9.17, 15) is 9.59 Å². The Balaban J connectivity index is 4.23. The predicted molar refractivity (Wildman–Crippen MR) is 52.9 cm³/mol. The van der Waals surface area contributed by atoms with Crippen molar-refractivity contribution in [2.75, 3.05) is 13.6 Å². The molecule has 3 N–H and O–H groups in total. The Morgan fingerprint density at radius 1 is 1.43 bits per heavy atom. The van der Waals surface area contributed by atoms with Crippen LogP contribution in [0.4, 0.5) is 0 Å². The van der Waals surface area contributed by atoms with Gasteiger partial charge in [-0.2, -0.15) is 0 Å². The monoisotopic (exact) mass is 202 g/mol. The summed E-state index contributed by atoms with van der Waals surface area (Å²) >= 11 is 0. The molecule has 0 rings (SSSR count). The zero-order valence-corrected chi connectivity index (χ0v) is 8.83. The van der Waals surface area contributed by atoms with Crippen LogP contribution in [-0.4, -0.2) is 36.6 Å². The number of carbonyl (C=O) groups is 2. The van der Waals surface area contributed by atoms with Crippen LogP contribution in [0.2, 0.25) is 0 Å². The molecule has 14 heavy (non-hydrogen) atoms. The van der Waals surface area contributed by atoms with E-state index in [0.29, 0.717) is 0 Å². The number of amides is 1. The first kappa shape index (κ1) is 12.9. The molecule has 0 aromatic heterocycles. The molecule has 2 atom stereocenters. The van der Waals surface area contributed by atoms with Crippen LogP contribution in [0.25, 0.3) is 0 Å². The van der Waals surface area contributed by atoms with Gasteiger partial charge in [0.05, 0.1) is 6.54 Å². The Morgan fingerprint density at radius 3 is 2.36 bits per heavy atom. The van der Waals surface area contributed by atoms with Gasteiger partial charge >= 0.3 is 5.97 Å². The molecule has 0 fully saturated rings. The molecular weight excluding hydrogens is 184 g/mol. The Kier molecular flexibility index (Phi) is 5.87. The van der Waals surface area contributed by atoms with Gasteiger partial charge in [0.15, 0.2) is 0 Å². The van der Waals surface area contributed by atoms with Crippen molar-refractivity contribution in [3.05, 3.63) is 0 Å². The smallest absolute Gasteiger partial charge is 0.326 e. The average Bonchev–Trinajstić information content (AvgIpc) is 2.13. The van der Waals surface area contributed by atoms with E-state index in [4.69, 9.17) is 5.11 Å². The third kappa shape index (κ3) is 4.23. The van der Waals surface area contributed by atoms with Crippen molar-refractivity contribution in [2.24, 2.45) is 5.92 Å². The van der Waals surface area contributed by atoms with Crippen molar-refractivity contribution in [1.29, 1.82) is 0 Å². The number of hydrogen-bond donors (Lipinski definition) is 3. The minimum atomic E-state index is -0.983. The second-order valence-electron chi connectivity index (χ2n) is 3.30. The summed E-state index contributed by atoms with van der Waals surface area (Å²) in [6, 6.07) is -0.791. The largest absolute Gasteiger partial charge is 0.480 e. The van der Waals surface area contributed by atoms with Crippen LogP contribution >= 0.6 is 0 Å². The van der Waals surface area contributed by atoms with Crippen molar-refractivity contribution in [1.82, 2.24) is 10.6 Å². The van der Waals surface area contributed by atoms with E-state index < -0.39 is 12.0 Å². The molecule has 0 radical (unpaired) electrons. The number of carboxylic acid groups (broad SMARTS) is 1. The highest BCUT2D eigenvalue weighted by molar-refractivity contribution is 5.84. The minimum absolute atomic E-state index is 0.0618. The van der Waals surface area contributed by atoms with Crippen molar-refractivity contribution in [2.45, 2.75) is 26.3 Å². The number of carbonyl (C=O) groups excluding carboxylic acids is 1. The first-order chi connectivity index (χ1) is 6.52. The van der Waals surface area contributed by atoms with Crippen LogP contribution in [0.15, 0.2) is 0 Å². The lowest BCUT2D eigenvalue weighted by Gasteiger charge is -2.19. The summed E-state index contributed by atoms with van der Waals surface area (Å²) in [5.74, 6) is -1.34. The third-order valence-electron chi connectivity index (χ3n) is 2.13. The number of aliphatic carboxylic acids is 1. The van der Waals surface area contributed by atoms with Crippen molar-refractivity contribution in [3.8, 4) is 0 Å². The predicted octanol–water partition coefficient (Wildman–Crippen LogP) is -0.179. The molecule has 0 spiro atoms. The average molecular weight is 202 g/mol. The number of nitrogens with one attached hydrogen (secondary N) is 2. The summed E-state index contributed by atoms with van der Waals surface area (Å²) < 4.78 is 0. The van der Waals surface area contributed by atoms with Crippen molar-refractivity contribution < 1.29 is 14.7 Å². The number of carboxylic acids is 1. The summed E-state index contributed by atoms with van der Waals surface area (Å²) in [6.45, 7) is 3.84. The van der Waals surface area contributed by atoms with Crippen LogP contribution in [0.5, 0.6) is 0 Å². The fourth-order valence-corrected chi connectivity index (χ4v) is 1.07. The van der Waals surface area contributed by atoms with Gasteiger partial charge in [-0.1, -0.05) is 20.3 Å². The van der Waals surface area contributed by atoms with E-state index in [2.05, 4.69) is 10.6 Å². The molecule has 0 heterocycles. The van der Waals surface area contributed by atoms with Gasteiger partial charge in [-0.25, -0.2) is 4.79 Å². The standard InChI is InChI=1S/C9H18N2O3/c1-4-6(2)8(9(13)14)11-7(12)5-10-3/h6,8,10H,4-5H2,1-3H3,(H,11,12)(H,13,14)/t6-,8+/m1/s1. The van der Waals surface area contributed by atoms with E-state index in [0.717, 1.165) is 6.42 Å². The topological polar surface area (TPSA) is 78.4 Å². The molecule has 82 valence electrons. The van der Waals surface area contributed by atoms with Crippen molar-refractivity contribution in [3.63, 3.8) is 0 Å². The molecule has 0 aromatic rings. The maximum absolute atomic E-state index is 11.1. The Hall–Kier alpha value is -1.10. The fourth-order valence-electron chi connectivity index (χ4n) is 1.07. The number of rotatable bonds is 6. The minimum Gasteiger partial charge on any atom is -0.480 e. The van der Waals surface area contributed by atoms with Gasteiger partial charge in [0, 0.05) is 0 Å². The molecule has 0 aliphatic carbocycles. The van der Waals surface area contributed by atoms with Crippen molar-refractivity contribution >= 4 is 11.9 Å². The maximum atomic E-state index is 11.1. The number of hydrogen-bond acceptors (Lipinski definition) is 3. The highest BCUT2D eigenvalue weighted by atomic mass is 16.4. The van der Waals surface area contributed by atoms with E-state index >= 15 is 0 Å². The molecule has 0 bridgehead atoms. The Morgan fingerprint density at radius 2 is 2.00 bits per heavy atom. The van der Waals surface area contributed by atoms with Gasteiger partial charge in [0.1, 0.15) is 6.04 Å². The SMILES string of the molecule is CC[C@@H](C)[C@H](NC(=O)CNC)C(=O)O. The number of likely N-dealkylation sites (N-methyl/N-ethyl adjacent to an activating group) is 1. The van der Waals surface area contributed by atoms with Crippen LogP contribution in [-0.2, 0) is 9.59 Å². The van der Waals surface area contributed by atoms with Gasteiger partial charge in [-0.15, -0.1) is 0 Å². The molecule has 0 aromatic carbocycles. The summed E-state index contributed by atoms with van der Waals surface area (Å²) in [7, 11) is 1.64. The molecular formula is C9H18N2O3. The molecule has 5 heteroatoms. The summed E-state index contributed by atoms with van der Waals surface area (Å²) in [4.78, 5) is 21.9. The lowest BCUT2D eigenvalue weighted by molar-refractivity contribution is -0.143. The highest BCUT2D eigenvalue weighted by Crippen LogP contribution is 2.07. The Labute approximate surface area is 83.9 Å². The summed E-state index contributed by atoms with van der Waals surface area (Å²) in [5.41, 5.74) is 0. The lowest BCUT2D eigenvalue weighted by Crippen LogP contribution is -2.47. The quantitative estimate of drug-likeness (QED) is 0.558. The van der Waals surface area contributed by atoms with E-state index in [1.165, 1.54) is 0 Å². The van der Waals surface area contributed by atoms with Gasteiger partial charge in [0.2, 0.25) is 5.91 Å². The molecule has 0 aliphatic heterocycles. The molecule has 5 nitrogen and oxygen atoms in total. The normalized spacial score (nSPS) is 14.5. The first-order valence-electron chi connectivity index (χ1n) is 4.69. The Bertz CT molecular complexity index is 206. The first-order valence-corrected chi connectivity index (χ1v) is 4.69. The van der Waals surface area contributed by atoms with Crippen LogP contribution in [0, 0.1) is 5.92 Å². The van der Waals surface area contributed by atoms with Gasteiger partial charge < -0.3 is 15.7 Å². The van der Waals surface area contributed by atoms with Gasteiger partial charge in [-0.3, -0.25) is 4.79 Å². The van der Waals surface area contributed by atoms with Crippen LogP contribution < -0.4 is 10.6 Å². The molecule has 0 unspecified atom stereocenters. The molecule has 1 amide bonds. The van der Waals surface area contributed by atoms with Gasteiger partial charge in [0.25, 0.3) is 0 Å². The van der Waals surface area contributed by atoms with Crippen LogP contribution in [0.1, 0.15) is 20.3 Å². The zero-order chi connectivity index (χ0) is 11.1. The summed E-state index contributed by atoms with van der Waals surface area (Å²) in [6.07, 6.45) is 0.719. The lowest BCUT2D eigenvalue weighted by atomic mass is 9.99.